The van der Waals surface area contributed by atoms with E-state index in [0.717, 1.165) is 27.4 Å². The maximum Gasteiger partial charge on any atom is 0.237 e. The first-order chi connectivity index (χ1) is 13.7. The van der Waals surface area contributed by atoms with Crippen molar-refractivity contribution in [3.8, 4) is 0 Å². The first kappa shape index (κ1) is 18.7. The summed E-state index contributed by atoms with van der Waals surface area (Å²) in [6.07, 6.45) is 4.20. The van der Waals surface area contributed by atoms with Gasteiger partial charge in [0.2, 0.25) is 5.91 Å². The van der Waals surface area contributed by atoms with E-state index in [1.165, 1.54) is 24.6 Å². The van der Waals surface area contributed by atoms with Crippen molar-refractivity contribution < 1.29 is 4.79 Å². The first-order valence-corrected chi connectivity index (χ1v) is 10.7. The van der Waals surface area contributed by atoms with Crippen LogP contribution >= 0.6 is 11.8 Å². The molecule has 3 aromatic rings. The third kappa shape index (κ3) is 3.69. The van der Waals surface area contributed by atoms with Crippen LogP contribution in [0, 0.1) is 0 Å². The number of carbonyl (C=O) groups excluding carboxylic acids is 1. The SMILES string of the molecule is C=CCn1c(SCC(=O)N(CC)c2cccc3ccccc23)nnc1C1CC1. The Hall–Kier alpha value is -2.60. The molecule has 144 valence electrons. The van der Waals surface area contributed by atoms with Crippen LogP contribution in [-0.4, -0.2) is 33.0 Å². The number of benzene rings is 2. The highest BCUT2D eigenvalue weighted by Gasteiger charge is 2.30. The van der Waals surface area contributed by atoms with Gasteiger partial charge in [0, 0.05) is 24.4 Å². The Morgan fingerprint density at radius 1 is 1.25 bits per heavy atom. The number of nitrogens with zero attached hydrogens (tertiary/aromatic N) is 4. The van der Waals surface area contributed by atoms with Gasteiger partial charge in [-0.1, -0.05) is 54.2 Å². The number of hydrogen-bond donors (Lipinski definition) is 0. The molecule has 0 aliphatic heterocycles. The molecule has 1 aliphatic carbocycles. The van der Waals surface area contributed by atoms with Crippen molar-refractivity contribution in [3.05, 3.63) is 60.9 Å². The molecule has 0 atom stereocenters. The zero-order chi connectivity index (χ0) is 19.5. The molecule has 5 nitrogen and oxygen atoms in total. The van der Waals surface area contributed by atoms with Crippen molar-refractivity contribution in [2.45, 2.75) is 37.4 Å². The van der Waals surface area contributed by atoms with Crippen LogP contribution in [0.4, 0.5) is 5.69 Å². The topological polar surface area (TPSA) is 51.0 Å². The fraction of sp³-hybridized carbons (Fsp3) is 0.318. The van der Waals surface area contributed by atoms with Crippen LogP contribution < -0.4 is 4.90 Å². The number of allylic oxidation sites excluding steroid dienone is 1. The van der Waals surface area contributed by atoms with Gasteiger partial charge in [0.15, 0.2) is 5.16 Å². The summed E-state index contributed by atoms with van der Waals surface area (Å²) in [5.74, 6) is 1.94. The molecule has 1 saturated carbocycles. The van der Waals surface area contributed by atoms with E-state index >= 15 is 0 Å². The van der Waals surface area contributed by atoms with Gasteiger partial charge in [-0.05, 0) is 31.2 Å². The standard InChI is InChI=1S/C22H24N4OS/c1-3-14-26-21(17-12-13-17)23-24-22(26)28-15-20(27)25(4-2)19-11-7-9-16-8-5-6-10-18(16)19/h3,5-11,17H,1,4,12-15H2,2H3. The van der Waals surface area contributed by atoms with Crippen molar-refractivity contribution >= 4 is 34.1 Å². The molecular formula is C22H24N4OS. The van der Waals surface area contributed by atoms with Gasteiger partial charge in [0.05, 0.1) is 11.4 Å². The summed E-state index contributed by atoms with van der Waals surface area (Å²) in [7, 11) is 0. The fourth-order valence-electron chi connectivity index (χ4n) is 3.48. The minimum Gasteiger partial charge on any atom is -0.311 e. The lowest BCUT2D eigenvalue weighted by Crippen LogP contribution is -2.32. The van der Waals surface area contributed by atoms with Crippen LogP contribution in [0.3, 0.4) is 0 Å². The van der Waals surface area contributed by atoms with Crippen LogP contribution in [-0.2, 0) is 11.3 Å². The van der Waals surface area contributed by atoms with E-state index in [4.69, 9.17) is 0 Å². The summed E-state index contributed by atoms with van der Waals surface area (Å²) < 4.78 is 2.09. The second-order valence-electron chi connectivity index (χ2n) is 6.94. The maximum atomic E-state index is 13.0. The second kappa shape index (κ2) is 8.19. The van der Waals surface area contributed by atoms with Gasteiger partial charge in [-0.2, -0.15) is 0 Å². The highest BCUT2D eigenvalue weighted by Crippen LogP contribution is 2.40. The molecule has 0 spiro atoms. The monoisotopic (exact) mass is 392 g/mol. The molecule has 0 unspecified atom stereocenters. The maximum absolute atomic E-state index is 13.0. The van der Waals surface area contributed by atoms with Crippen LogP contribution in [0.25, 0.3) is 10.8 Å². The molecule has 1 aromatic heterocycles. The number of fused-ring (bicyclic) bond motifs is 1. The van der Waals surface area contributed by atoms with Crippen molar-refractivity contribution in [2.24, 2.45) is 0 Å². The normalized spacial score (nSPS) is 13.6. The van der Waals surface area contributed by atoms with Gasteiger partial charge in [0.1, 0.15) is 5.82 Å². The molecule has 4 rings (SSSR count). The summed E-state index contributed by atoms with van der Waals surface area (Å²) in [5.41, 5.74) is 0.956. The Morgan fingerprint density at radius 2 is 2.04 bits per heavy atom. The van der Waals surface area contributed by atoms with Gasteiger partial charge in [-0.15, -0.1) is 16.8 Å². The van der Waals surface area contributed by atoms with Crippen molar-refractivity contribution in [3.63, 3.8) is 0 Å². The lowest BCUT2D eigenvalue weighted by molar-refractivity contribution is -0.116. The Kier molecular flexibility index (Phi) is 5.48. The average Bonchev–Trinajstić information content (AvgIpc) is 3.49. The lowest BCUT2D eigenvalue weighted by Gasteiger charge is -2.22. The average molecular weight is 393 g/mol. The molecule has 0 saturated heterocycles. The van der Waals surface area contributed by atoms with Gasteiger partial charge in [0.25, 0.3) is 0 Å². The second-order valence-corrected chi connectivity index (χ2v) is 7.88. The minimum atomic E-state index is 0.0741. The van der Waals surface area contributed by atoms with Gasteiger partial charge < -0.3 is 9.47 Å². The summed E-state index contributed by atoms with van der Waals surface area (Å²) in [4.78, 5) is 14.9. The molecule has 28 heavy (non-hydrogen) atoms. The Bertz CT molecular complexity index is 1000. The van der Waals surface area contributed by atoms with E-state index in [0.29, 0.717) is 24.8 Å². The molecular weight excluding hydrogens is 368 g/mol. The van der Waals surface area contributed by atoms with E-state index < -0.39 is 0 Å². The van der Waals surface area contributed by atoms with Crippen LogP contribution in [0.15, 0.2) is 60.3 Å². The number of amides is 1. The Labute approximate surface area is 169 Å². The highest BCUT2D eigenvalue weighted by molar-refractivity contribution is 7.99. The molecule has 0 radical (unpaired) electrons. The van der Waals surface area contributed by atoms with Crippen LogP contribution in [0.2, 0.25) is 0 Å². The molecule has 1 fully saturated rings. The zero-order valence-corrected chi connectivity index (χ0v) is 16.9. The van der Waals surface area contributed by atoms with Crippen molar-refractivity contribution in [1.82, 2.24) is 14.8 Å². The van der Waals surface area contributed by atoms with E-state index in [1.807, 2.05) is 42.2 Å². The summed E-state index contributed by atoms with van der Waals surface area (Å²) >= 11 is 1.46. The van der Waals surface area contributed by atoms with E-state index in [-0.39, 0.29) is 5.91 Å². The summed E-state index contributed by atoms with van der Waals surface area (Å²) in [6, 6.07) is 14.3. The number of carbonyl (C=O) groups is 1. The molecule has 6 heteroatoms. The zero-order valence-electron chi connectivity index (χ0n) is 16.0. The van der Waals surface area contributed by atoms with E-state index in [2.05, 4.69) is 39.5 Å². The van der Waals surface area contributed by atoms with E-state index in [9.17, 15) is 4.79 Å². The van der Waals surface area contributed by atoms with Gasteiger partial charge in [-0.3, -0.25) is 4.79 Å². The number of anilines is 1. The minimum absolute atomic E-state index is 0.0741. The first-order valence-electron chi connectivity index (χ1n) is 9.67. The predicted molar refractivity (Wildman–Crippen MR) is 115 cm³/mol. The predicted octanol–water partition coefficient (Wildman–Crippen LogP) is 4.64. The molecule has 2 aromatic carbocycles. The summed E-state index contributed by atoms with van der Waals surface area (Å²) in [5, 5.41) is 11.7. The molecule has 0 N–H and O–H groups in total. The fourth-order valence-corrected chi connectivity index (χ4v) is 4.31. The van der Waals surface area contributed by atoms with Crippen LogP contribution in [0.5, 0.6) is 0 Å². The third-order valence-corrected chi connectivity index (χ3v) is 5.95. The third-order valence-electron chi connectivity index (χ3n) is 5.00. The Morgan fingerprint density at radius 3 is 2.79 bits per heavy atom. The number of thioether (sulfide) groups is 1. The molecule has 1 amide bonds. The molecule has 1 aliphatic rings. The van der Waals surface area contributed by atoms with Gasteiger partial charge in [-0.25, -0.2) is 0 Å². The van der Waals surface area contributed by atoms with E-state index in [1.54, 1.807) is 0 Å². The lowest BCUT2D eigenvalue weighted by atomic mass is 10.1. The Balaban J connectivity index is 1.53. The van der Waals surface area contributed by atoms with Crippen molar-refractivity contribution in [2.75, 3.05) is 17.2 Å². The van der Waals surface area contributed by atoms with Crippen LogP contribution in [0.1, 0.15) is 31.5 Å². The number of rotatable bonds is 8. The summed E-state index contributed by atoms with van der Waals surface area (Å²) in [6.45, 7) is 7.15. The number of aromatic nitrogens is 3. The highest BCUT2D eigenvalue weighted by atomic mass is 32.2. The smallest absolute Gasteiger partial charge is 0.237 e. The van der Waals surface area contributed by atoms with Crippen molar-refractivity contribution in [1.29, 1.82) is 0 Å². The molecule has 0 bridgehead atoms. The molecule has 1 heterocycles. The van der Waals surface area contributed by atoms with Gasteiger partial charge >= 0.3 is 0 Å². The number of hydrogen-bond acceptors (Lipinski definition) is 4. The largest absolute Gasteiger partial charge is 0.311 e. The quantitative estimate of drug-likeness (QED) is 0.414.